The molecule has 0 radical (unpaired) electrons. The highest BCUT2D eigenvalue weighted by molar-refractivity contribution is 6.22. The van der Waals surface area contributed by atoms with Crippen LogP contribution < -0.4 is 14.2 Å². The summed E-state index contributed by atoms with van der Waals surface area (Å²) in [5.74, 6) is 0.278. The molecule has 0 aromatic heterocycles. The van der Waals surface area contributed by atoms with Gasteiger partial charge in [0.2, 0.25) is 0 Å². The minimum atomic E-state index is -1.94. The van der Waals surface area contributed by atoms with E-state index in [0.29, 0.717) is 33.9 Å². The maximum Gasteiger partial charge on any atom is 0.287 e. The van der Waals surface area contributed by atoms with Crippen LogP contribution in [-0.2, 0) is 0 Å². The van der Waals surface area contributed by atoms with Gasteiger partial charge in [-0.25, -0.2) is 0 Å². The van der Waals surface area contributed by atoms with Crippen LogP contribution >= 0.6 is 34.8 Å². The van der Waals surface area contributed by atoms with E-state index in [1.807, 2.05) is 36.4 Å². The van der Waals surface area contributed by atoms with Crippen LogP contribution in [0.1, 0.15) is 62.6 Å². The van der Waals surface area contributed by atoms with E-state index in [1.54, 1.807) is 57.2 Å². The number of hydrogen-bond donors (Lipinski definition) is 3. The Bertz CT molecular complexity index is 1040. The standard InChI is InChI=1S/C28H31Cl3O6/c1-4-26(29,32)35-22-16-10-7-13-19(22)25(20-14-8-11-17-23(20)36-27(30,33)5-2)21-15-9-12-18-24(21)37-28(31,34)6-3/h7-18,25,32-34H,4-6H2,1-3H3. The number of para-hydroxylation sites is 3. The molecule has 0 bridgehead atoms. The predicted molar refractivity (Wildman–Crippen MR) is 145 cm³/mol. The molecule has 0 spiro atoms. The fourth-order valence-electron chi connectivity index (χ4n) is 3.66. The van der Waals surface area contributed by atoms with Crippen molar-refractivity contribution in [2.45, 2.75) is 61.7 Å². The van der Waals surface area contributed by atoms with Crippen LogP contribution in [0.15, 0.2) is 72.8 Å². The number of aliphatic hydroxyl groups is 3. The smallest absolute Gasteiger partial charge is 0.287 e. The van der Waals surface area contributed by atoms with Gasteiger partial charge in [0.05, 0.1) is 0 Å². The molecule has 200 valence electrons. The van der Waals surface area contributed by atoms with Crippen molar-refractivity contribution < 1.29 is 29.5 Å². The summed E-state index contributed by atoms with van der Waals surface area (Å²) in [6, 6.07) is 21.2. The van der Waals surface area contributed by atoms with Gasteiger partial charge in [-0.1, -0.05) is 75.4 Å². The van der Waals surface area contributed by atoms with Gasteiger partial charge in [-0.2, -0.15) is 0 Å². The summed E-state index contributed by atoms with van der Waals surface area (Å²) >= 11 is 18.5. The summed E-state index contributed by atoms with van der Waals surface area (Å²) in [6.45, 7) is 5.08. The Morgan fingerprint density at radius 3 is 1.03 bits per heavy atom. The Labute approximate surface area is 232 Å². The molecule has 0 aliphatic rings. The van der Waals surface area contributed by atoms with Crippen molar-refractivity contribution >= 4 is 34.8 Å². The first-order chi connectivity index (χ1) is 17.4. The monoisotopic (exact) mass is 568 g/mol. The van der Waals surface area contributed by atoms with Gasteiger partial charge in [-0.3, -0.25) is 0 Å². The van der Waals surface area contributed by atoms with Gasteiger partial charge in [0.1, 0.15) is 17.2 Å². The highest BCUT2D eigenvalue weighted by Crippen LogP contribution is 2.46. The lowest BCUT2D eigenvalue weighted by Crippen LogP contribution is -2.30. The molecule has 3 aromatic carbocycles. The third-order valence-corrected chi connectivity index (χ3v) is 6.83. The maximum atomic E-state index is 10.5. The number of halogens is 3. The Kier molecular flexibility index (Phi) is 9.62. The summed E-state index contributed by atoms with van der Waals surface area (Å²) in [5.41, 5.74) is 1.81. The largest absolute Gasteiger partial charge is 0.448 e. The van der Waals surface area contributed by atoms with Gasteiger partial charge in [0, 0.05) is 41.9 Å². The Morgan fingerprint density at radius 1 is 0.541 bits per heavy atom. The lowest BCUT2D eigenvalue weighted by Gasteiger charge is -2.30. The van der Waals surface area contributed by atoms with Gasteiger partial charge in [0.15, 0.2) is 0 Å². The number of rotatable bonds is 12. The van der Waals surface area contributed by atoms with Crippen LogP contribution in [0.2, 0.25) is 0 Å². The van der Waals surface area contributed by atoms with Crippen LogP contribution in [0.3, 0.4) is 0 Å². The Morgan fingerprint density at radius 2 is 0.784 bits per heavy atom. The third-order valence-electron chi connectivity index (χ3n) is 5.80. The second kappa shape index (κ2) is 12.1. The second-order valence-electron chi connectivity index (χ2n) is 8.48. The Hall–Kier alpha value is -2.19. The summed E-state index contributed by atoms with van der Waals surface area (Å²) in [5, 5.41) is 25.7. The molecule has 9 heteroatoms. The molecule has 0 saturated carbocycles. The number of benzene rings is 3. The minimum Gasteiger partial charge on any atom is -0.448 e. The molecule has 37 heavy (non-hydrogen) atoms. The van der Waals surface area contributed by atoms with E-state index in [-0.39, 0.29) is 19.3 Å². The van der Waals surface area contributed by atoms with Crippen molar-refractivity contribution in [1.29, 1.82) is 0 Å². The van der Waals surface area contributed by atoms with Crippen LogP contribution in [0.5, 0.6) is 17.2 Å². The van der Waals surface area contributed by atoms with Gasteiger partial charge in [-0.05, 0) is 53.0 Å². The minimum absolute atomic E-state index is 0.124. The van der Waals surface area contributed by atoms with E-state index in [4.69, 9.17) is 49.0 Å². The van der Waals surface area contributed by atoms with Crippen LogP contribution in [0, 0.1) is 0 Å². The van der Waals surface area contributed by atoms with Crippen molar-refractivity contribution in [2.24, 2.45) is 0 Å². The first-order valence-corrected chi connectivity index (χ1v) is 13.1. The van der Waals surface area contributed by atoms with Crippen molar-refractivity contribution in [3.05, 3.63) is 89.5 Å². The highest BCUT2D eigenvalue weighted by atomic mass is 35.5. The molecule has 0 aliphatic carbocycles. The molecule has 0 amide bonds. The van der Waals surface area contributed by atoms with Crippen molar-refractivity contribution in [1.82, 2.24) is 0 Å². The summed E-state index contributed by atoms with van der Waals surface area (Å²) < 4.78 is 17.5. The quantitative estimate of drug-likeness (QED) is 0.125. The Balaban J connectivity index is 2.30. The molecular formula is C28H31Cl3O6. The lowest BCUT2D eigenvalue weighted by molar-refractivity contribution is -0.0642. The molecule has 3 aromatic rings. The normalized spacial score (nSPS) is 17.1. The van der Waals surface area contributed by atoms with Crippen molar-refractivity contribution in [3.63, 3.8) is 0 Å². The summed E-state index contributed by atoms with van der Waals surface area (Å²) in [7, 11) is 0. The second-order valence-corrected chi connectivity index (χ2v) is 10.3. The number of ether oxygens (including phenoxy) is 3. The van der Waals surface area contributed by atoms with Gasteiger partial charge < -0.3 is 29.5 Å². The molecule has 3 N–H and O–H groups in total. The first-order valence-electron chi connectivity index (χ1n) is 12.0. The number of alkyl halides is 3. The molecule has 0 aliphatic heterocycles. The SMILES string of the molecule is CCC(O)(Cl)Oc1ccccc1C(c1ccccc1OC(O)(Cl)CC)c1ccccc1OC(O)(Cl)CC. The van der Waals surface area contributed by atoms with Crippen LogP contribution in [0.25, 0.3) is 0 Å². The molecule has 6 nitrogen and oxygen atoms in total. The van der Waals surface area contributed by atoms with E-state index < -0.39 is 21.7 Å². The molecule has 3 atom stereocenters. The van der Waals surface area contributed by atoms with E-state index in [0.717, 1.165) is 0 Å². The van der Waals surface area contributed by atoms with Gasteiger partial charge in [-0.15, -0.1) is 0 Å². The zero-order valence-corrected chi connectivity index (χ0v) is 23.1. The van der Waals surface area contributed by atoms with E-state index in [1.165, 1.54) is 0 Å². The van der Waals surface area contributed by atoms with E-state index >= 15 is 0 Å². The van der Waals surface area contributed by atoms with Crippen LogP contribution in [-0.4, -0.2) is 31.1 Å². The average Bonchev–Trinajstić information content (AvgIpc) is 2.86. The summed E-state index contributed by atoms with van der Waals surface area (Å²) in [4.78, 5) is 0. The third kappa shape index (κ3) is 7.66. The molecule has 0 saturated heterocycles. The maximum absolute atomic E-state index is 10.5. The van der Waals surface area contributed by atoms with Crippen LogP contribution in [0.4, 0.5) is 0 Å². The molecule has 0 fully saturated rings. The predicted octanol–water partition coefficient (Wildman–Crippen LogP) is 6.89. The zero-order chi connectivity index (χ0) is 27.3. The topological polar surface area (TPSA) is 88.4 Å². The van der Waals surface area contributed by atoms with E-state index in [9.17, 15) is 15.3 Å². The fourth-order valence-corrected chi connectivity index (χ4v) is 3.91. The molecular weight excluding hydrogens is 539 g/mol. The highest BCUT2D eigenvalue weighted by Gasteiger charge is 2.33. The molecule has 3 rings (SSSR count). The van der Waals surface area contributed by atoms with E-state index in [2.05, 4.69) is 0 Å². The summed E-state index contributed by atoms with van der Waals surface area (Å²) in [6.07, 6.45) is 0.371. The fraction of sp³-hybridized carbons (Fsp3) is 0.357. The van der Waals surface area contributed by atoms with Gasteiger partial charge in [0.25, 0.3) is 15.7 Å². The van der Waals surface area contributed by atoms with Crippen molar-refractivity contribution in [3.8, 4) is 17.2 Å². The molecule has 0 heterocycles. The van der Waals surface area contributed by atoms with Crippen molar-refractivity contribution in [2.75, 3.05) is 0 Å². The average molecular weight is 570 g/mol. The molecule has 3 unspecified atom stereocenters. The lowest BCUT2D eigenvalue weighted by atomic mass is 9.83. The number of hydrogen-bond acceptors (Lipinski definition) is 6. The van der Waals surface area contributed by atoms with Gasteiger partial charge >= 0.3 is 0 Å². The first kappa shape index (κ1) is 29.4. The zero-order valence-electron chi connectivity index (χ0n) is 20.8.